The predicted octanol–water partition coefficient (Wildman–Crippen LogP) is 0.376. The van der Waals surface area contributed by atoms with Crippen molar-refractivity contribution in [1.29, 1.82) is 0 Å². The summed E-state index contributed by atoms with van der Waals surface area (Å²) < 4.78 is 31.8. The summed E-state index contributed by atoms with van der Waals surface area (Å²) in [5.74, 6) is -0.363. The van der Waals surface area contributed by atoms with Crippen molar-refractivity contribution >= 4 is 24.0 Å². The fourth-order valence-electron chi connectivity index (χ4n) is 3.43. The Hall–Kier alpha value is -2.76. The van der Waals surface area contributed by atoms with Crippen LogP contribution in [0.5, 0.6) is 0 Å². The van der Waals surface area contributed by atoms with Gasteiger partial charge in [0, 0.05) is 52.2 Å². The van der Waals surface area contributed by atoms with E-state index in [1.807, 2.05) is 0 Å². The average molecular weight is 665 g/mol. The fraction of sp³-hybridized carbons (Fsp3) is 0.867. The van der Waals surface area contributed by atoms with Gasteiger partial charge in [0.05, 0.1) is 59.4 Å². The lowest BCUT2D eigenvalue weighted by Crippen LogP contribution is -2.45. The smallest absolute Gasteiger partial charge is 0.407 e. The molecule has 0 radical (unpaired) electrons. The molecule has 0 spiro atoms. The van der Waals surface area contributed by atoms with E-state index in [-0.39, 0.29) is 44.5 Å². The summed E-state index contributed by atoms with van der Waals surface area (Å²) in [4.78, 5) is 50.3. The lowest BCUT2D eigenvalue weighted by atomic mass is 10.2. The first-order valence-electron chi connectivity index (χ1n) is 15.9. The maximum Gasteiger partial charge on any atom is 0.407 e. The van der Waals surface area contributed by atoms with E-state index >= 15 is 0 Å². The molecule has 0 aromatic carbocycles. The second-order valence-corrected chi connectivity index (χ2v) is 12.2. The molecule has 16 nitrogen and oxygen atoms in total. The van der Waals surface area contributed by atoms with Gasteiger partial charge in [-0.15, -0.1) is 0 Å². The first-order valence-corrected chi connectivity index (χ1v) is 15.9. The summed E-state index contributed by atoms with van der Waals surface area (Å²) in [6, 6.07) is 0. The number of nitrogens with two attached hydrogens (primary N) is 1. The van der Waals surface area contributed by atoms with Crippen molar-refractivity contribution in [3.63, 3.8) is 0 Å². The third kappa shape index (κ3) is 31.2. The van der Waals surface area contributed by atoms with E-state index in [1.165, 1.54) is 0 Å². The van der Waals surface area contributed by atoms with Crippen molar-refractivity contribution in [2.75, 3.05) is 105 Å². The normalized spacial score (nSPS) is 11.7. The molecule has 0 heterocycles. The van der Waals surface area contributed by atoms with Gasteiger partial charge in [-0.3, -0.25) is 14.5 Å². The van der Waals surface area contributed by atoms with Crippen LogP contribution >= 0.6 is 0 Å². The number of nitrogens with one attached hydrogen (secondary N) is 4. The molecule has 270 valence electrons. The van der Waals surface area contributed by atoms with Crippen molar-refractivity contribution in [2.24, 2.45) is 5.73 Å². The van der Waals surface area contributed by atoms with E-state index in [1.54, 1.807) is 46.4 Å². The molecule has 6 N–H and O–H groups in total. The molecule has 0 aliphatic heterocycles. The molecule has 4 amide bonds. The predicted molar refractivity (Wildman–Crippen MR) is 172 cm³/mol. The van der Waals surface area contributed by atoms with Gasteiger partial charge in [0.25, 0.3) is 0 Å². The summed E-state index contributed by atoms with van der Waals surface area (Å²) in [5, 5.41) is 11.0. The lowest BCUT2D eigenvalue weighted by molar-refractivity contribution is -0.122. The van der Waals surface area contributed by atoms with E-state index in [9.17, 15) is 19.2 Å². The Labute approximate surface area is 274 Å². The van der Waals surface area contributed by atoms with Crippen molar-refractivity contribution < 1.29 is 47.6 Å². The zero-order valence-electron chi connectivity index (χ0n) is 28.8. The number of amides is 4. The van der Waals surface area contributed by atoms with Crippen LogP contribution in [0.25, 0.3) is 0 Å². The molecule has 0 aliphatic carbocycles. The molecule has 0 rings (SSSR count). The van der Waals surface area contributed by atoms with E-state index in [2.05, 4.69) is 21.3 Å². The van der Waals surface area contributed by atoms with Crippen LogP contribution in [0.4, 0.5) is 9.59 Å². The monoisotopic (exact) mass is 664 g/mol. The topological polar surface area (TPSA) is 201 Å². The zero-order chi connectivity index (χ0) is 34.7. The van der Waals surface area contributed by atoms with Crippen LogP contribution < -0.4 is 27.0 Å². The van der Waals surface area contributed by atoms with Crippen molar-refractivity contribution in [3.05, 3.63) is 0 Å². The van der Waals surface area contributed by atoms with Crippen LogP contribution in [0.2, 0.25) is 0 Å². The van der Waals surface area contributed by atoms with E-state index in [0.717, 1.165) is 0 Å². The Balaban J connectivity index is 4.13. The minimum atomic E-state index is -0.624. The molecule has 0 aromatic heterocycles. The maximum atomic E-state index is 12.6. The Morgan fingerprint density at radius 1 is 0.565 bits per heavy atom. The Kier molecular flexibility index (Phi) is 24.7. The largest absolute Gasteiger partial charge is 0.444 e. The fourth-order valence-corrected chi connectivity index (χ4v) is 3.43. The minimum Gasteiger partial charge on any atom is -0.444 e. The molecule has 0 saturated carbocycles. The number of ether oxygens (including phenoxy) is 6. The van der Waals surface area contributed by atoms with Gasteiger partial charge in [-0.25, -0.2) is 9.59 Å². The highest BCUT2D eigenvalue weighted by molar-refractivity contribution is 5.78. The summed E-state index contributed by atoms with van der Waals surface area (Å²) in [6.45, 7) is 16.7. The van der Waals surface area contributed by atoms with Crippen LogP contribution in [0.1, 0.15) is 54.4 Å². The standard InChI is InChI=1S/C30H60N6O10/c1-29(2,3)45-27(39)34-12-14-36(15-13-35-28(40)46-30(4,5)6)24-26(38)33-11-7-10-32-25(37)8-16-41-18-20-43-22-23-44-21-19-42-17-9-31/h7-24,31H2,1-6H3,(H,32,37)(H,33,38)(H,34,39)(H,35,40). The number of carbonyl (C=O) groups excluding carboxylic acids is 4. The van der Waals surface area contributed by atoms with Gasteiger partial charge in [0.2, 0.25) is 11.8 Å². The van der Waals surface area contributed by atoms with Gasteiger partial charge in [-0.05, 0) is 48.0 Å². The second kappa shape index (κ2) is 26.3. The van der Waals surface area contributed by atoms with Gasteiger partial charge >= 0.3 is 12.2 Å². The molecule has 0 fully saturated rings. The Morgan fingerprint density at radius 2 is 0.978 bits per heavy atom. The summed E-state index contributed by atoms with van der Waals surface area (Å²) in [7, 11) is 0. The quantitative estimate of drug-likeness (QED) is 0.0797. The van der Waals surface area contributed by atoms with Gasteiger partial charge < -0.3 is 55.4 Å². The van der Waals surface area contributed by atoms with Crippen molar-refractivity contribution in [2.45, 2.75) is 65.6 Å². The number of nitrogens with zero attached hydrogens (tertiary/aromatic N) is 1. The molecule has 0 aliphatic rings. The minimum absolute atomic E-state index is 0.0522. The Morgan fingerprint density at radius 3 is 1.41 bits per heavy atom. The maximum absolute atomic E-state index is 12.6. The number of hydrogen-bond donors (Lipinski definition) is 5. The molecule has 0 atom stereocenters. The van der Waals surface area contributed by atoms with Crippen LogP contribution in [0.3, 0.4) is 0 Å². The highest BCUT2D eigenvalue weighted by atomic mass is 16.6. The highest BCUT2D eigenvalue weighted by Crippen LogP contribution is 2.07. The molecule has 0 saturated heterocycles. The zero-order valence-corrected chi connectivity index (χ0v) is 28.8. The van der Waals surface area contributed by atoms with Gasteiger partial charge in [-0.2, -0.15) is 0 Å². The van der Waals surface area contributed by atoms with Crippen LogP contribution in [-0.4, -0.2) is 145 Å². The Bertz CT molecular complexity index is 802. The number of carbonyl (C=O) groups is 4. The van der Waals surface area contributed by atoms with Crippen LogP contribution in [0.15, 0.2) is 0 Å². The van der Waals surface area contributed by atoms with Gasteiger partial charge in [-0.1, -0.05) is 0 Å². The summed E-state index contributed by atoms with van der Waals surface area (Å²) >= 11 is 0. The van der Waals surface area contributed by atoms with E-state index < -0.39 is 23.4 Å². The van der Waals surface area contributed by atoms with Gasteiger partial charge in [0.15, 0.2) is 0 Å². The number of hydrogen-bond acceptors (Lipinski definition) is 12. The molecular formula is C30H60N6O10. The SMILES string of the molecule is CC(C)(C)OC(=O)NCCN(CCNC(=O)OC(C)(C)C)CC(=O)NCCCNC(=O)CCOCCOCCOCCOCCN. The van der Waals surface area contributed by atoms with Crippen molar-refractivity contribution in [1.82, 2.24) is 26.2 Å². The molecule has 0 unspecified atom stereocenters. The third-order valence-electron chi connectivity index (χ3n) is 5.41. The summed E-state index contributed by atoms with van der Waals surface area (Å²) in [5.41, 5.74) is 4.08. The first kappa shape index (κ1) is 43.2. The molecule has 46 heavy (non-hydrogen) atoms. The molecular weight excluding hydrogens is 604 g/mol. The lowest BCUT2D eigenvalue weighted by Gasteiger charge is -2.24. The third-order valence-corrected chi connectivity index (χ3v) is 5.41. The van der Waals surface area contributed by atoms with Gasteiger partial charge in [0.1, 0.15) is 11.2 Å². The van der Waals surface area contributed by atoms with E-state index in [0.29, 0.717) is 85.4 Å². The number of rotatable bonds is 26. The molecule has 0 bridgehead atoms. The second-order valence-electron chi connectivity index (χ2n) is 12.2. The van der Waals surface area contributed by atoms with Crippen LogP contribution in [0, 0.1) is 0 Å². The van der Waals surface area contributed by atoms with E-state index in [4.69, 9.17) is 34.2 Å². The van der Waals surface area contributed by atoms with Crippen molar-refractivity contribution in [3.8, 4) is 0 Å². The average Bonchev–Trinajstić information content (AvgIpc) is 2.93. The highest BCUT2D eigenvalue weighted by Gasteiger charge is 2.18. The first-order chi connectivity index (χ1) is 21.7. The molecule has 16 heteroatoms. The summed E-state index contributed by atoms with van der Waals surface area (Å²) in [6.07, 6.45) is -0.329. The molecule has 0 aromatic rings. The number of alkyl carbamates (subject to hydrolysis) is 2. The van der Waals surface area contributed by atoms with Crippen LogP contribution in [-0.2, 0) is 38.0 Å².